The molecule has 0 aromatic heterocycles. The van der Waals surface area contributed by atoms with Gasteiger partial charge in [0.15, 0.2) is 11.5 Å². The molecule has 1 fully saturated rings. The minimum absolute atomic E-state index is 0.0759. The van der Waals surface area contributed by atoms with Gasteiger partial charge in [0.05, 0.1) is 4.91 Å². The Bertz CT molecular complexity index is 1180. The quantitative estimate of drug-likeness (QED) is 0.463. The standard InChI is InChI=1S/C22H24FNO8S/c1-12(25)31-11-14-16(10-13-8-6-7-9-15(13)23)33(28,29)20-18(30-5)19(26)24(20)17(14)21(27)32-22(2,3)4/h6-10,18,20H,11H2,1-5H3/b16-10-/t18-,20?/m0/s1. The minimum atomic E-state index is -4.36. The summed E-state index contributed by atoms with van der Waals surface area (Å²) in [5, 5.41) is -1.56. The lowest BCUT2D eigenvalue weighted by atomic mass is 10.0. The van der Waals surface area contributed by atoms with E-state index in [9.17, 15) is 27.2 Å². The highest BCUT2D eigenvalue weighted by molar-refractivity contribution is 7.96. The maximum Gasteiger partial charge on any atom is 0.356 e. The van der Waals surface area contributed by atoms with Gasteiger partial charge in [0.25, 0.3) is 5.91 Å². The number of hydrogen-bond donors (Lipinski definition) is 0. The van der Waals surface area contributed by atoms with E-state index in [4.69, 9.17) is 14.2 Å². The Hall–Kier alpha value is -3.05. The van der Waals surface area contributed by atoms with Crippen molar-refractivity contribution in [2.75, 3.05) is 13.7 Å². The second-order valence-electron chi connectivity index (χ2n) is 8.44. The number of amides is 1. The predicted molar refractivity (Wildman–Crippen MR) is 114 cm³/mol. The van der Waals surface area contributed by atoms with Crippen molar-refractivity contribution < 1.29 is 41.4 Å². The van der Waals surface area contributed by atoms with Gasteiger partial charge in [-0.15, -0.1) is 0 Å². The number of nitrogens with zero attached hydrogens (tertiary/aromatic N) is 1. The third-order valence-corrected chi connectivity index (χ3v) is 6.97. The lowest BCUT2D eigenvalue weighted by molar-refractivity contribution is -0.167. The summed E-state index contributed by atoms with van der Waals surface area (Å²) in [5.41, 5.74) is -1.74. The Balaban J connectivity index is 2.32. The second-order valence-corrected chi connectivity index (χ2v) is 10.5. The number of carbonyl (C=O) groups is 3. The molecule has 1 amide bonds. The van der Waals surface area contributed by atoms with Gasteiger partial charge in [-0.05, 0) is 32.9 Å². The van der Waals surface area contributed by atoms with Crippen LogP contribution >= 0.6 is 0 Å². The van der Waals surface area contributed by atoms with Crippen LogP contribution in [0.25, 0.3) is 6.08 Å². The zero-order valence-corrected chi connectivity index (χ0v) is 19.6. The summed E-state index contributed by atoms with van der Waals surface area (Å²) >= 11 is 0. The van der Waals surface area contributed by atoms with E-state index in [0.717, 1.165) is 24.0 Å². The van der Waals surface area contributed by atoms with Crippen molar-refractivity contribution in [3.8, 4) is 0 Å². The number of sulfone groups is 1. The fraction of sp³-hybridized carbons (Fsp3) is 0.409. The molecular formula is C22H24FNO8S. The van der Waals surface area contributed by atoms with Crippen LogP contribution in [0, 0.1) is 5.82 Å². The number of carbonyl (C=O) groups excluding carboxylic acids is 3. The molecule has 33 heavy (non-hydrogen) atoms. The average Bonchev–Trinajstić information content (AvgIpc) is 2.68. The molecule has 0 N–H and O–H groups in total. The SMILES string of the molecule is CO[C@H]1C(=O)N2C(C(=O)OC(C)(C)C)=C(COC(C)=O)/C(=C/c3ccccc3F)S(=O)(=O)C12. The van der Waals surface area contributed by atoms with Gasteiger partial charge in [-0.3, -0.25) is 14.5 Å². The van der Waals surface area contributed by atoms with Crippen LogP contribution in [0.15, 0.2) is 40.4 Å². The Morgan fingerprint density at radius 2 is 1.85 bits per heavy atom. The first-order valence-electron chi connectivity index (χ1n) is 9.96. The molecule has 2 heterocycles. The lowest BCUT2D eigenvalue weighted by Gasteiger charge is -2.49. The molecule has 2 atom stereocenters. The van der Waals surface area contributed by atoms with Gasteiger partial charge in [-0.2, -0.15) is 0 Å². The number of ether oxygens (including phenoxy) is 3. The summed E-state index contributed by atoms with van der Waals surface area (Å²) in [5.74, 6) is -3.22. The van der Waals surface area contributed by atoms with Gasteiger partial charge in [0, 0.05) is 25.2 Å². The van der Waals surface area contributed by atoms with Crippen LogP contribution in [0.3, 0.4) is 0 Å². The van der Waals surface area contributed by atoms with Crippen molar-refractivity contribution in [1.82, 2.24) is 4.90 Å². The highest BCUT2D eigenvalue weighted by Gasteiger charge is 2.62. The first-order valence-corrected chi connectivity index (χ1v) is 11.5. The molecule has 9 nitrogen and oxygen atoms in total. The number of β-lactam (4-membered cyclic amide) rings is 1. The molecule has 1 aromatic carbocycles. The lowest BCUT2D eigenvalue weighted by Crippen LogP contribution is -2.70. The van der Waals surface area contributed by atoms with E-state index in [1.54, 1.807) is 20.8 Å². The molecule has 1 aromatic rings. The number of halogens is 1. The number of methoxy groups -OCH3 is 1. The van der Waals surface area contributed by atoms with Crippen molar-refractivity contribution in [3.05, 3.63) is 51.8 Å². The van der Waals surface area contributed by atoms with E-state index in [0.29, 0.717) is 0 Å². The molecule has 0 spiro atoms. The van der Waals surface area contributed by atoms with Crippen molar-refractivity contribution in [2.45, 2.75) is 44.8 Å². The van der Waals surface area contributed by atoms with E-state index in [1.807, 2.05) is 0 Å². The molecule has 0 saturated carbocycles. The van der Waals surface area contributed by atoms with Crippen LogP contribution in [0.1, 0.15) is 33.3 Å². The summed E-state index contributed by atoms with van der Waals surface area (Å²) < 4.78 is 56.9. The minimum Gasteiger partial charge on any atom is -0.461 e. The van der Waals surface area contributed by atoms with Crippen LogP contribution in [0.2, 0.25) is 0 Å². The molecule has 0 aliphatic carbocycles. The highest BCUT2D eigenvalue weighted by Crippen LogP contribution is 2.44. The molecule has 3 rings (SSSR count). The molecule has 11 heteroatoms. The van der Waals surface area contributed by atoms with E-state index >= 15 is 0 Å². The summed E-state index contributed by atoms with van der Waals surface area (Å²) in [6.07, 6.45) is -0.326. The summed E-state index contributed by atoms with van der Waals surface area (Å²) in [6.45, 7) is 5.24. The van der Waals surface area contributed by atoms with Gasteiger partial charge in [0.1, 0.15) is 23.7 Å². The topological polar surface area (TPSA) is 116 Å². The van der Waals surface area contributed by atoms with Gasteiger partial charge >= 0.3 is 11.9 Å². The summed E-state index contributed by atoms with van der Waals surface area (Å²) in [4.78, 5) is 37.6. The molecule has 1 unspecified atom stereocenters. The average molecular weight is 481 g/mol. The largest absolute Gasteiger partial charge is 0.461 e. The van der Waals surface area contributed by atoms with Crippen LogP contribution in [0.4, 0.5) is 4.39 Å². The summed E-state index contributed by atoms with van der Waals surface area (Å²) in [7, 11) is -3.20. The smallest absolute Gasteiger partial charge is 0.356 e. The first kappa shape index (κ1) is 24.6. The number of hydrogen-bond acceptors (Lipinski definition) is 8. The van der Waals surface area contributed by atoms with Crippen molar-refractivity contribution in [1.29, 1.82) is 0 Å². The van der Waals surface area contributed by atoms with Crippen LogP contribution in [-0.4, -0.2) is 62.0 Å². The zero-order valence-electron chi connectivity index (χ0n) is 18.7. The fourth-order valence-electron chi connectivity index (χ4n) is 3.52. The first-order chi connectivity index (χ1) is 15.3. The number of esters is 2. The van der Waals surface area contributed by atoms with E-state index < -0.39 is 67.8 Å². The van der Waals surface area contributed by atoms with Crippen molar-refractivity contribution >= 4 is 33.8 Å². The highest BCUT2D eigenvalue weighted by atomic mass is 32.2. The monoisotopic (exact) mass is 481 g/mol. The molecule has 1 saturated heterocycles. The normalized spacial score (nSPS) is 23.2. The molecule has 178 valence electrons. The van der Waals surface area contributed by atoms with Gasteiger partial charge in [0.2, 0.25) is 9.84 Å². The van der Waals surface area contributed by atoms with Crippen LogP contribution < -0.4 is 0 Å². The van der Waals surface area contributed by atoms with Crippen molar-refractivity contribution in [2.24, 2.45) is 0 Å². The fourth-order valence-corrected chi connectivity index (χ4v) is 5.61. The molecule has 2 aliphatic rings. The maximum atomic E-state index is 14.4. The van der Waals surface area contributed by atoms with Gasteiger partial charge < -0.3 is 14.2 Å². The second kappa shape index (κ2) is 8.71. The third-order valence-electron chi connectivity index (χ3n) is 4.90. The van der Waals surface area contributed by atoms with E-state index in [2.05, 4.69) is 0 Å². The molecule has 0 radical (unpaired) electrons. The third kappa shape index (κ3) is 4.55. The Kier molecular flexibility index (Phi) is 6.49. The zero-order chi connectivity index (χ0) is 24.7. The number of fused-ring (bicyclic) bond motifs is 1. The van der Waals surface area contributed by atoms with Crippen molar-refractivity contribution in [3.63, 3.8) is 0 Å². The Morgan fingerprint density at radius 1 is 1.21 bits per heavy atom. The van der Waals surface area contributed by atoms with Crippen LogP contribution in [-0.2, 0) is 38.4 Å². The summed E-state index contributed by atoms with van der Waals surface area (Å²) in [6, 6.07) is 5.43. The van der Waals surface area contributed by atoms with Crippen LogP contribution in [0.5, 0.6) is 0 Å². The van der Waals surface area contributed by atoms with E-state index in [-0.39, 0.29) is 11.1 Å². The maximum absolute atomic E-state index is 14.4. The Labute approximate surface area is 190 Å². The number of benzene rings is 1. The molecular weight excluding hydrogens is 457 g/mol. The van der Waals surface area contributed by atoms with Gasteiger partial charge in [-0.25, -0.2) is 17.6 Å². The van der Waals surface area contributed by atoms with E-state index in [1.165, 1.54) is 25.3 Å². The number of rotatable bonds is 5. The Morgan fingerprint density at radius 3 is 2.39 bits per heavy atom. The molecule has 2 aliphatic heterocycles. The predicted octanol–water partition coefficient (Wildman–Crippen LogP) is 1.94. The van der Waals surface area contributed by atoms with Gasteiger partial charge in [-0.1, -0.05) is 18.2 Å². The molecule has 0 bridgehead atoms.